The molecule has 0 saturated carbocycles. The zero-order chi connectivity index (χ0) is 26.9. The minimum absolute atomic E-state index is 0.0194. The van der Waals surface area contributed by atoms with Crippen LogP contribution in [0, 0.1) is 5.41 Å². The molecule has 0 bridgehead atoms. The summed E-state index contributed by atoms with van der Waals surface area (Å²) >= 11 is 15.5. The average molecular weight is 610 g/mol. The van der Waals surface area contributed by atoms with E-state index in [0.29, 0.717) is 28.8 Å². The van der Waals surface area contributed by atoms with Crippen molar-refractivity contribution in [3.63, 3.8) is 0 Å². The van der Waals surface area contributed by atoms with Gasteiger partial charge in [-0.05, 0) is 60.9 Å². The number of nitrogens with one attached hydrogen (secondary N) is 2. The Balaban J connectivity index is 1.48. The lowest BCUT2D eigenvalue weighted by Crippen LogP contribution is -2.50. The van der Waals surface area contributed by atoms with Gasteiger partial charge in [0.2, 0.25) is 0 Å². The second kappa shape index (κ2) is 11.1. The van der Waals surface area contributed by atoms with Crippen molar-refractivity contribution in [2.24, 2.45) is 5.41 Å². The molecule has 1 fully saturated rings. The van der Waals surface area contributed by atoms with Gasteiger partial charge in [0.1, 0.15) is 12.1 Å². The zero-order valence-electron chi connectivity index (χ0n) is 20.6. The molecule has 1 aromatic heterocycles. The minimum atomic E-state index is -0.714. The number of pyridine rings is 1. The second-order valence-corrected chi connectivity index (χ2v) is 11.4. The Morgan fingerprint density at radius 2 is 1.86 bits per heavy atom. The Labute approximate surface area is 233 Å². The number of esters is 1. The highest BCUT2D eigenvalue weighted by Crippen LogP contribution is 2.43. The number of hydrogen-bond donors (Lipinski definition) is 2. The zero-order valence-corrected chi connectivity index (χ0v) is 23.7. The molecule has 196 valence electrons. The summed E-state index contributed by atoms with van der Waals surface area (Å²) in [7, 11) is 1.99. The first kappa shape index (κ1) is 27.6. The van der Waals surface area contributed by atoms with E-state index in [2.05, 4.69) is 36.4 Å². The van der Waals surface area contributed by atoms with E-state index in [4.69, 9.17) is 27.9 Å². The molecule has 2 atom stereocenters. The van der Waals surface area contributed by atoms with Crippen molar-refractivity contribution < 1.29 is 19.1 Å². The number of hydrogen-bond acceptors (Lipinski definition) is 7. The molecule has 2 heterocycles. The number of likely N-dealkylation sites (tertiary alicyclic amines) is 1. The van der Waals surface area contributed by atoms with E-state index >= 15 is 0 Å². The molecule has 11 heteroatoms. The third-order valence-corrected chi connectivity index (χ3v) is 7.91. The smallest absolute Gasteiger partial charge is 0.329 e. The lowest BCUT2D eigenvalue weighted by Gasteiger charge is -2.38. The van der Waals surface area contributed by atoms with Gasteiger partial charge in [-0.15, -0.1) is 0 Å². The number of nitrogens with zero attached hydrogens (tertiary/aromatic N) is 2. The first-order chi connectivity index (χ1) is 17.5. The summed E-state index contributed by atoms with van der Waals surface area (Å²) in [5, 5.41) is 6.33. The van der Waals surface area contributed by atoms with Crippen LogP contribution in [-0.4, -0.2) is 59.8 Å². The Bertz CT molecular complexity index is 1250. The van der Waals surface area contributed by atoms with Crippen molar-refractivity contribution in [1.82, 2.24) is 15.2 Å². The van der Waals surface area contributed by atoms with Gasteiger partial charge in [0.25, 0.3) is 5.91 Å². The number of aromatic nitrogens is 1. The molecule has 2 N–H and O–H groups in total. The molecule has 1 saturated heterocycles. The van der Waals surface area contributed by atoms with Gasteiger partial charge in [0.05, 0.1) is 25.5 Å². The SMILES string of the molecule is CN1CCC(OC(=O)[C@H](Cc2ccc(NC(=O)c3c(Cl)cncc3Cl)cc2)NC2=C(Br)C(=O)C2(C)C)C1. The molecule has 0 spiro atoms. The number of Topliss-reactive ketones (excluding diaryl/α,β-unsaturated/α-hetero) is 1. The van der Waals surface area contributed by atoms with Crippen LogP contribution in [0.25, 0.3) is 0 Å². The van der Waals surface area contributed by atoms with Gasteiger partial charge in [-0.3, -0.25) is 14.6 Å². The Hall–Kier alpha value is -2.46. The number of halogens is 3. The number of likely N-dealkylation sites (N-methyl/N-ethyl adjacent to an activating group) is 1. The molecule has 2 aliphatic rings. The third-order valence-electron chi connectivity index (χ3n) is 6.58. The first-order valence-corrected chi connectivity index (χ1v) is 13.3. The first-order valence-electron chi connectivity index (χ1n) is 11.8. The molecular weight excluding hydrogens is 583 g/mol. The number of carbonyl (C=O) groups excluding carboxylic acids is 3. The van der Waals surface area contributed by atoms with Crippen molar-refractivity contribution in [3.8, 4) is 0 Å². The lowest BCUT2D eigenvalue weighted by atomic mass is 9.74. The van der Waals surface area contributed by atoms with Gasteiger partial charge in [0.15, 0.2) is 5.78 Å². The standard InChI is InChI=1S/C26H27BrCl2N4O4/c1-26(2)22(21(27)23(26)34)32-19(25(36)37-16-8-9-33(3)13-16)10-14-4-6-15(7-5-14)31-24(35)20-17(28)11-30-12-18(20)29/h4-7,11-12,16,19,32H,8-10,13H2,1-3H3,(H,31,35)/t16?,19-/m0/s1. The maximum atomic E-state index is 13.2. The third kappa shape index (κ3) is 6.00. The molecule has 1 amide bonds. The van der Waals surface area contributed by atoms with Crippen LogP contribution < -0.4 is 10.6 Å². The van der Waals surface area contributed by atoms with E-state index in [0.717, 1.165) is 18.5 Å². The number of allylic oxidation sites excluding steroid dienone is 2. The number of amides is 1. The summed E-state index contributed by atoms with van der Waals surface area (Å²) in [4.78, 5) is 44.1. The molecule has 4 rings (SSSR count). The number of carbonyl (C=O) groups is 3. The van der Waals surface area contributed by atoms with E-state index in [1.165, 1.54) is 12.4 Å². The van der Waals surface area contributed by atoms with Crippen LogP contribution in [0.4, 0.5) is 5.69 Å². The van der Waals surface area contributed by atoms with E-state index < -0.39 is 17.4 Å². The molecule has 1 aromatic carbocycles. The van der Waals surface area contributed by atoms with Crippen molar-refractivity contribution in [2.75, 3.05) is 25.5 Å². The molecular formula is C26H27BrCl2N4O4. The molecule has 37 heavy (non-hydrogen) atoms. The van der Waals surface area contributed by atoms with E-state index in [9.17, 15) is 14.4 Å². The number of ketones is 1. The van der Waals surface area contributed by atoms with Gasteiger partial charge < -0.3 is 20.3 Å². The minimum Gasteiger partial charge on any atom is -0.459 e. The summed E-state index contributed by atoms with van der Waals surface area (Å²) in [6.45, 7) is 5.19. The van der Waals surface area contributed by atoms with Gasteiger partial charge >= 0.3 is 5.97 Å². The molecule has 1 aliphatic carbocycles. The lowest BCUT2D eigenvalue weighted by molar-refractivity contribution is -0.151. The average Bonchev–Trinajstić information content (AvgIpc) is 3.26. The largest absolute Gasteiger partial charge is 0.459 e. The molecule has 8 nitrogen and oxygen atoms in total. The maximum absolute atomic E-state index is 13.2. The van der Waals surface area contributed by atoms with Crippen molar-refractivity contribution >= 4 is 62.5 Å². The normalized spacial score (nSPS) is 19.8. The topological polar surface area (TPSA) is 101 Å². The predicted molar refractivity (Wildman–Crippen MR) is 146 cm³/mol. The Kier molecular flexibility index (Phi) is 8.28. The van der Waals surface area contributed by atoms with Crippen LogP contribution in [0.2, 0.25) is 10.0 Å². The molecule has 2 aromatic rings. The van der Waals surface area contributed by atoms with Crippen LogP contribution in [0.5, 0.6) is 0 Å². The van der Waals surface area contributed by atoms with Crippen LogP contribution >= 0.6 is 39.1 Å². The quantitative estimate of drug-likeness (QED) is 0.422. The summed E-state index contributed by atoms with van der Waals surface area (Å²) in [6, 6.07) is 6.40. The molecule has 1 aliphatic heterocycles. The molecule has 0 radical (unpaired) electrons. The van der Waals surface area contributed by atoms with E-state index in [1.807, 2.05) is 33.0 Å². The fourth-order valence-corrected chi connectivity index (χ4v) is 5.99. The number of ether oxygens (including phenoxy) is 1. The fraction of sp³-hybridized carbons (Fsp3) is 0.385. The highest BCUT2D eigenvalue weighted by Gasteiger charge is 2.47. The van der Waals surface area contributed by atoms with Crippen LogP contribution in [0.3, 0.4) is 0 Å². The van der Waals surface area contributed by atoms with Crippen molar-refractivity contribution in [1.29, 1.82) is 0 Å². The van der Waals surface area contributed by atoms with Gasteiger partial charge in [-0.1, -0.05) is 35.3 Å². The van der Waals surface area contributed by atoms with E-state index in [1.54, 1.807) is 12.1 Å². The maximum Gasteiger partial charge on any atom is 0.329 e. The highest BCUT2D eigenvalue weighted by molar-refractivity contribution is 9.12. The number of anilines is 1. The van der Waals surface area contributed by atoms with Crippen molar-refractivity contribution in [2.45, 2.75) is 38.8 Å². The number of rotatable bonds is 8. The van der Waals surface area contributed by atoms with Crippen LogP contribution in [0.15, 0.2) is 46.8 Å². The van der Waals surface area contributed by atoms with Crippen LogP contribution in [-0.2, 0) is 20.7 Å². The monoisotopic (exact) mass is 608 g/mol. The summed E-state index contributed by atoms with van der Waals surface area (Å²) in [6.07, 6.45) is 3.65. The van der Waals surface area contributed by atoms with Crippen molar-refractivity contribution in [3.05, 3.63) is 68.0 Å². The Morgan fingerprint density at radius 3 is 2.43 bits per heavy atom. The highest BCUT2D eigenvalue weighted by atomic mass is 79.9. The van der Waals surface area contributed by atoms with E-state index in [-0.39, 0.29) is 33.5 Å². The van der Waals surface area contributed by atoms with Crippen LogP contribution in [0.1, 0.15) is 36.2 Å². The fourth-order valence-electron chi connectivity index (χ4n) is 4.34. The summed E-state index contributed by atoms with van der Waals surface area (Å²) in [5.74, 6) is -0.847. The Morgan fingerprint density at radius 1 is 1.22 bits per heavy atom. The predicted octanol–water partition coefficient (Wildman–Crippen LogP) is 4.60. The van der Waals surface area contributed by atoms with Gasteiger partial charge in [-0.2, -0.15) is 0 Å². The number of benzene rings is 1. The van der Waals surface area contributed by atoms with Gasteiger partial charge in [-0.25, -0.2) is 4.79 Å². The second-order valence-electron chi connectivity index (χ2n) is 9.78. The summed E-state index contributed by atoms with van der Waals surface area (Å²) in [5.41, 5.74) is 1.49. The summed E-state index contributed by atoms with van der Waals surface area (Å²) < 4.78 is 6.26. The van der Waals surface area contributed by atoms with Gasteiger partial charge in [0, 0.05) is 43.3 Å². The molecule has 1 unspecified atom stereocenters.